The van der Waals surface area contributed by atoms with Crippen LogP contribution in [0.4, 0.5) is 0 Å². The number of rotatable bonds is 4. The summed E-state index contributed by atoms with van der Waals surface area (Å²) in [5.74, 6) is 0.139. The molecule has 1 saturated heterocycles. The largest absolute Gasteiger partial charge is 0.496 e. The summed E-state index contributed by atoms with van der Waals surface area (Å²) in [6.45, 7) is 5.90. The van der Waals surface area contributed by atoms with E-state index < -0.39 is 0 Å². The van der Waals surface area contributed by atoms with Crippen LogP contribution in [0.1, 0.15) is 29.8 Å². The summed E-state index contributed by atoms with van der Waals surface area (Å²) in [5, 5.41) is 5.40. The van der Waals surface area contributed by atoms with Crippen molar-refractivity contribution in [1.29, 1.82) is 0 Å². The van der Waals surface area contributed by atoms with Crippen LogP contribution in [-0.2, 0) is 6.54 Å². The Morgan fingerprint density at radius 2 is 2.20 bits per heavy atom. The molecule has 1 aliphatic heterocycles. The number of nitrogens with zero attached hydrogens (tertiary/aromatic N) is 2. The van der Waals surface area contributed by atoms with Crippen LogP contribution in [0.5, 0.6) is 5.75 Å². The van der Waals surface area contributed by atoms with Gasteiger partial charge in [-0.25, -0.2) is 0 Å². The molecule has 0 unspecified atom stereocenters. The summed E-state index contributed by atoms with van der Waals surface area (Å²) in [5.41, 5.74) is 1.60. The van der Waals surface area contributed by atoms with E-state index in [1.807, 2.05) is 0 Å². The lowest BCUT2D eigenvalue weighted by atomic mass is 10.2. The van der Waals surface area contributed by atoms with Crippen LogP contribution >= 0.6 is 34.7 Å². The smallest absolute Gasteiger partial charge is 0.283 e. The van der Waals surface area contributed by atoms with Gasteiger partial charge in [0.15, 0.2) is 5.17 Å². The Bertz CT molecular complexity index is 803. The van der Waals surface area contributed by atoms with E-state index in [1.165, 1.54) is 12.7 Å². The number of methoxy groups -OCH3 is 1. The van der Waals surface area contributed by atoms with E-state index in [4.69, 9.17) is 16.3 Å². The van der Waals surface area contributed by atoms with Crippen molar-refractivity contribution in [2.75, 3.05) is 13.7 Å². The van der Waals surface area contributed by atoms with Gasteiger partial charge in [-0.2, -0.15) is 16.3 Å². The maximum atomic E-state index is 12.7. The third-order valence-electron chi connectivity index (χ3n) is 3.75. The molecule has 25 heavy (non-hydrogen) atoms. The third kappa shape index (κ3) is 4.37. The fraction of sp³-hybridized carbons (Fsp3) is 0.333. The molecule has 7 heteroatoms. The lowest BCUT2D eigenvalue weighted by Crippen LogP contribution is -2.28. The van der Waals surface area contributed by atoms with Gasteiger partial charge >= 0.3 is 0 Å². The van der Waals surface area contributed by atoms with E-state index in [0.717, 1.165) is 18.3 Å². The second-order valence-electron chi connectivity index (χ2n) is 6.39. The van der Waals surface area contributed by atoms with Gasteiger partial charge in [0.05, 0.1) is 12.7 Å². The Hall–Kier alpha value is -1.50. The zero-order chi connectivity index (χ0) is 18.0. The fourth-order valence-electron chi connectivity index (χ4n) is 2.69. The molecule has 0 N–H and O–H groups in total. The molecule has 0 aliphatic carbocycles. The van der Waals surface area contributed by atoms with Gasteiger partial charge in [0.2, 0.25) is 0 Å². The summed E-state index contributed by atoms with van der Waals surface area (Å²) < 4.78 is 5.28. The van der Waals surface area contributed by atoms with Crippen molar-refractivity contribution in [3.63, 3.8) is 0 Å². The van der Waals surface area contributed by atoms with Gasteiger partial charge in [0.25, 0.3) is 5.91 Å². The molecule has 1 aromatic carbocycles. The first-order valence-corrected chi connectivity index (χ1v) is 9.93. The molecule has 0 bridgehead atoms. The van der Waals surface area contributed by atoms with E-state index >= 15 is 0 Å². The van der Waals surface area contributed by atoms with Crippen LogP contribution in [0.25, 0.3) is 0 Å². The number of hydrogen-bond donors (Lipinski definition) is 0. The third-order valence-corrected chi connectivity index (χ3v) is 5.93. The highest BCUT2D eigenvalue weighted by Crippen LogP contribution is 2.37. The maximum Gasteiger partial charge on any atom is 0.283 e. The van der Waals surface area contributed by atoms with E-state index in [2.05, 4.69) is 40.6 Å². The molecule has 3 rings (SSSR count). The number of carbonyl (C=O) groups excluding carboxylic acids is 1. The van der Waals surface area contributed by atoms with Crippen molar-refractivity contribution in [1.82, 2.24) is 4.90 Å². The number of benzene rings is 1. The molecule has 0 atom stereocenters. The highest BCUT2D eigenvalue weighted by Gasteiger charge is 2.35. The predicted octanol–water partition coefficient (Wildman–Crippen LogP) is 4.93. The molecule has 1 aromatic heterocycles. The lowest BCUT2D eigenvalue weighted by molar-refractivity contribution is 0.0998. The topological polar surface area (TPSA) is 41.9 Å². The van der Waals surface area contributed by atoms with Crippen LogP contribution in [0.2, 0.25) is 5.02 Å². The number of ether oxygens (including phenoxy) is 1. The predicted molar refractivity (Wildman–Crippen MR) is 106 cm³/mol. The average molecular weight is 395 g/mol. The van der Waals surface area contributed by atoms with Crippen molar-refractivity contribution < 1.29 is 9.53 Å². The maximum absolute atomic E-state index is 12.7. The zero-order valence-electron chi connectivity index (χ0n) is 14.3. The number of aliphatic imine (C=N–C) groups is 1. The minimum absolute atomic E-state index is 0.00749. The molecular formula is C18H19ClN2O2S2. The van der Waals surface area contributed by atoms with Crippen molar-refractivity contribution in [2.24, 2.45) is 4.99 Å². The molecule has 1 aliphatic rings. The Kier molecular flexibility index (Phi) is 5.41. The highest BCUT2D eigenvalue weighted by atomic mass is 35.5. The summed E-state index contributed by atoms with van der Waals surface area (Å²) >= 11 is 9.33. The molecule has 2 heterocycles. The Balaban J connectivity index is 1.89. The van der Waals surface area contributed by atoms with E-state index in [-0.39, 0.29) is 10.7 Å². The normalized spacial score (nSPS) is 17.9. The van der Waals surface area contributed by atoms with Crippen molar-refractivity contribution >= 4 is 45.8 Å². The van der Waals surface area contributed by atoms with Crippen LogP contribution < -0.4 is 4.74 Å². The quantitative estimate of drug-likeness (QED) is 0.737. The molecule has 1 fully saturated rings. The van der Waals surface area contributed by atoms with Crippen molar-refractivity contribution in [3.05, 3.63) is 51.2 Å². The first-order valence-electron chi connectivity index (χ1n) is 7.79. The van der Waals surface area contributed by atoms with Gasteiger partial charge in [-0.1, -0.05) is 23.4 Å². The molecule has 4 nitrogen and oxygen atoms in total. The number of amidine groups is 1. The molecular weight excluding hydrogens is 376 g/mol. The summed E-state index contributed by atoms with van der Waals surface area (Å²) in [6, 6.07) is 7.08. The Morgan fingerprint density at radius 3 is 2.88 bits per heavy atom. The van der Waals surface area contributed by atoms with Crippen molar-refractivity contribution in [3.8, 4) is 5.75 Å². The van der Waals surface area contributed by atoms with E-state index in [9.17, 15) is 4.79 Å². The van der Waals surface area contributed by atoms with Crippen LogP contribution in [-0.4, -0.2) is 34.4 Å². The first-order chi connectivity index (χ1) is 11.9. The van der Waals surface area contributed by atoms with Gasteiger partial charge in [0, 0.05) is 22.9 Å². The summed E-state index contributed by atoms with van der Waals surface area (Å²) in [7, 11) is 1.53. The Labute approximate surface area is 160 Å². The number of thioether (sulfide) groups is 1. The second-order valence-corrected chi connectivity index (χ2v) is 9.28. The minimum atomic E-state index is -0.338. The Morgan fingerprint density at radius 1 is 1.40 bits per heavy atom. The average Bonchev–Trinajstić information content (AvgIpc) is 3.15. The number of carbonyl (C=O) groups is 1. The standard InChI is InChI=1S/C18H19ClN2O2S2/c1-18(2)11-21(9-12-6-7-24-10-12)17(25-18)20-16(22)14-8-13(19)4-5-15(14)23-3/h4-8,10H,9,11H2,1-3H3/b20-17-. The molecule has 0 spiro atoms. The zero-order valence-corrected chi connectivity index (χ0v) is 16.7. The van der Waals surface area contributed by atoms with Crippen molar-refractivity contribution in [2.45, 2.75) is 25.1 Å². The van der Waals surface area contributed by atoms with Crippen LogP contribution in [0.15, 0.2) is 40.0 Å². The SMILES string of the molecule is COc1ccc(Cl)cc1C(=O)/N=C1\SC(C)(C)CN1Cc1ccsc1. The van der Waals surface area contributed by atoms with E-state index in [0.29, 0.717) is 16.3 Å². The molecule has 2 aromatic rings. The fourth-order valence-corrected chi connectivity index (χ4v) is 4.62. The highest BCUT2D eigenvalue weighted by molar-refractivity contribution is 8.15. The second kappa shape index (κ2) is 7.40. The molecule has 132 valence electrons. The van der Waals surface area contributed by atoms with Crippen LogP contribution in [0, 0.1) is 0 Å². The van der Waals surface area contributed by atoms with Gasteiger partial charge in [-0.15, -0.1) is 0 Å². The summed E-state index contributed by atoms with van der Waals surface area (Å²) in [6.07, 6.45) is 0. The summed E-state index contributed by atoms with van der Waals surface area (Å²) in [4.78, 5) is 19.3. The minimum Gasteiger partial charge on any atom is -0.496 e. The van der Waals surface area contributed by atoms with E-state index in [1.54, 1.807) is 41.3 Å². The van der Waals surface area contributed by atoms with Gasteiger partial charge < -0.3 is 9.64 Å². The molecule has 1 amide bonds. The van der Waals surface area contributed by atoms with Gasteiger partial charge in [-0.05, 0) is 54.4 Å². The molecule has 0 saturated carbocycles. The lowest BCUT2D eigenvalue weighted by Gasteiger charge is -2.19. The molecule has 0 radical (unpaired) electrons. The van der Waals surface area contributed by atoms with Crippen LogP contribution in [0.3, 0.4) is 0 Å². The monoisotopic (exact) mass is 394 g/mol. The number of thiophene rings is 1. The van der Waals surface area contributed by atoms with Gasteiger partial charge in [0.1, 0.15) is 5.75 Å². The number of amides is 1. The van der Waals surface area contributed by atoms with Gasteiger partial charge in [-0.3, -0.25) is 4.79 Å². The number of halogens is 1. The first kappa shape index (κ1) is 18.3. The number of hydrogen-bond acceptors (Lipinski definition) is 4.